The minimum atomic E-state index is -0.913. The number of aromatic carboxylic acids is 1. The van der Waals surface area contributed by atoms with Gasteiger partial charge in [-0.25, -0.2) is 4.79 Å². The number of hydrogen-bond donors (Lipinski definition) is 1. The maximum atomic E-state index is 11.0. The van der Waals surface area contributed by atoms with Gasteiger partial charge in [-0.15, -0.1) is 6.58 Å². The van der Waals surface area contributed by atoms with Gasteiger partial charge in [0, 0.05) is 5.56 Å². The van der Waals surface area contributed by atoms with Crippen molar-refractivity contribution in [3.05, 3.63) is 42.0 Å². The Morgan fingerprint density at radius 3 is 2.83 bits per heavy atom. The van der Waals surface area contributed by atoms with Crippen molar-refractivity contribution in [1.29, 1.82) is 0 Å². The molecule has 0 amide bonds. The Morgan fingerprint density at radius 1 is 1.39 bits per heavy atom. The van der Waals surface area contributed by atoms with Gasteiger partial charge in [-0.2, -0.15) is 0 Å². The van der Waals surface area contributed by atoms with Crippen LogP contribution in [0.3, 0.4) is 0 Å². The van der Waals surface area contributed by atoms with Gasteiger partial charge in [-0.1, -0.05) is 12.1 Å². The third kappa shape index (κ3) is 4.24. The third-order valence-corrected chi connectivity index (χ3v) is 2.82. The van der Waals surface area contributed by atoms with Gasteiger partial charge >= 0.3 is 5.97 Å². The lowest BCUT2D eigenvalue weighted by Gasteiger charge is -2.10. The van der Waals surface area contributed by atoms with E-state index in [1.165, 1.54) is 0 Å². The fourth-order valence-corrected chi connectivity index (χ4v) is 1.75. The molecule has 0 spiro atoms. The average Bonchev–Trinajstić information content (AvgIpc) is 2.35. The lowest BCUT2D eigenvalue weighted by molar-refractivity contribution is 0.0695. The number of carboxylic acids is 1. The summed E-state index contributed by atoms with van der Waals surface area (Å²) < 4.78 is 5.62. The summed E-state index contributed by atoms with van der Waals surface area (Å²) >= 11 is 0. The third-order valence-electron chi connectivity index (χ3n) is 2.82. The van der Waals surface area contributed by atoms with Crippen LogP contribution in [0.2, 0.25) is 0 Å². The SMILES string of the molecule is C=CCCCCCOc1cccc(C(=O)O)c1C. The first-order valence-electron chi connectivity index (χ1n) is 6.23. The summed E-state index contributed by atoms with van der Waals surface area (Å²) in [5.74, 6) is -0.248. The first-order valence-corrected chi connectivity index (χ1v) is 6.23. The molecule has 0 fully saturated rings. The van der Waals surface area contributed by atoms with Crippen molar-refractivity contribution in [2.45, 2.75) is 32.6 Å². The van der Waals surface area contributed by atoms with Crippen LogP contribution in [0.5, 0.6) is 5.75 Å². The number of benzene rings is 1. The number of allylic oxidation sites excluding steroid dienone is 1. The van der Waals surface area contributed by atoms with Gasteiger partial charge in [0.2, 0.25) is 0 Å². The van der Waals surface area contributed by atoms with Crippen LogP contribution in [0.4, 0.5) is 0 Å². The Kier molecular flexibility index (Phi) is 5.98. The lowest BCUT2D eigenvalue weighted by atomic mass is 10.1. The topological polar surface area (TPSA) is 46.5 Å². The van der Waals surface area contributed by atoms with E-state index in [4.69, 9.17) is 9.84 Å². The highest BCUT2D eigenvalue weighted by molar-refractivity contribution is 5.90. The first kappa shape index (κ1) is 14.3. The van der Waals surface area contributed by atoms with E-state index in [2.05, 4.69) is 6.58 Å². The van der Waals surface area contributed by atoms with Crippen LogP contribution < -0.4 is 4.74 Å². The Bertz CT molecular complexity index is 410. The van der Waals surface area contributed by atoms with Crippen LogP contribution in [-0.4, -0.2) is 17.7 Å². The molecule has 1 aromatic rings. The molecule has 0 heterocycles. The molecule has 0 aliphatic heterocycles. The predicted octanol–water partition coefficient (Wildman–Crippen LogP) is 3.82. The van der Waals surface area contributed by atoms with Gasteiger partial charge < -0.3 is 9.84 Å². The fraction of sp³-hybridized carbons (Fsp3) is 0.400. The molecule has 0 aromatic heterocycles. The number of rotatable bonds is 8. The van der Waals surface area contributed by atoms with E-state index in [-0.39, 0.29) is 0 Å². The van der Waals surface area contributed by atoms with Crippen LogP contribution in [0.15, 0.2) is 30.9 Å². The number of carboxylic acid groups (broad SMARTS) is 1. The van der Waals surface area contributed by atoms with Crippen molar-refractivity contribution in [2.24, 2.45) is 0 Å². The zero-order chi connectivity index (χ0) is 13.4. The van der Waals surface area contributed by atoms with E-state index in [9.17, 15) is 4.79 Å². The second kappa shape index (κ2) is 7.54. The Labute approximate surface area is 108 Å². The first-order chi connectivity index (χ1) is 8.66. The molecule has 0 aliphatic carbocycles. The van der Waals surface area contributed by atoms with Crippen molar-refractivity contribution in [2.75, 3.05) is 6.61 Å². The Hall–Kier alpha value is -1.77. The predicted molar refractivity (Wildman–Crippen MR) is 72.3 cm³/mol. The summed E-state index contributed by atoms with van der Waals surface area (Å²) in [6.07, 6.45) is 6.16. The zero-order valence-electron chi connectivity index (χ0n) is 10.8. The number of ether oxygens (including phenoxy) is 1. The van der Waals surface area contributed by atoms with Crippen LogP contribution in [-0.2, 0) is 0 Å². The van der Waals surface area contributed by atoms with E-state index in [0.717, 1.165) is 25.7 Å². The molecule has 3 nitrogen and oxygen atoms in total. The molecule has 1 rings (SSSR count). The Balaban J connectivity index is 2.45. The largest absolute Gasteiger partial charge is 0.493 e. The van der Waals surface area contributed by atoms with E-state index >= 15 is 0 Å². The minimum Gasteiger partial charge on any atom is -0.493 e. The molecule has 0 saturated heterocycles. The van der Waals surface area contributed by atoms with E-state index in [0.29, 0.717) is 23.5 Å². The van der Waals surface area contributed by atoms with Gasteiger partial charge in [0.15, 0.2) is 0 Å². The zero-order valence-corrected chi connectivity index (χ0v) is 10.8. The summed E-state index contributed by atoms with van der Waals surface area (Å²) in [7, 11) is 0. The molecule has 0 saturated carbocycles. The lowest BCUT2D eigenvalue weighted by Crippen LogP contribution is -2.04. The molecule has 0 radical (unpaired) electrons. The van der Waals surface area contributed by atoms with Crippen molar-refractivity contribution >= 4 is 5.97 Å². The molecule has 0 atom stereocenters. The average molecular weight is 248 g/mol. The van der Waals surface area contributed by atoms with Crippen LogP contribution in [0.1, 0.15) is 41.6 Å². The van der Waals surface area contributed by atoms with Crippen molar-refractivity contribution in [3.8, 4) is 5.75 Å². The molecule has 3 heteroatoms. The van der Waals surface area contributed by atoms with Crippen LogP contribution >= 0.6 is 0 Å². The highest BCUT2D eigenvalue weighted by Crippen LogP contribution is 2.21. The minimum absolute atomic E-state index is 0.305. The summed E-state index contributed by atoms with van der Waals surface area (Å²) in [5, 5.41) is 8.99. The van der Waals surface area contributed by atoms with E-state index in [1.807, 2.05) is 12.1 Å². The van der Waals surface area contributed by atoms with E-state index < -0.39 is 5.97 Å². The van der Waals surface area contributed by atoms with E-state index in [1.54, 1.807) is 19.1 Å². The summed E-state index contributed by atoms with van der Waals surface area (Å²) in [4.78, 5) is 11.0. The highest BCUT2D eigenvalue weighted by atomic mass is 16.5. The molecule has 0 bridgehead atoms. The van der Waals surface area contributed by atoms with Crippen molar-refractivity contribution in [1.82, 2.24) is 0 Å². The fourth-order valence-electron chi connectivity index (χ4n) is 1.75. The standard InChI is InChI=1S/C15H20O3/c1-3-4-5-6-7-11-18-14-10-8-9-13(12(14)2)15(16)17/h3,8-10H,1,4-7,11H2,2H3,(H,16,17). The van der Waals surface area contributed by atoms with Gasteiger partial charge in [0.1, 0.15) is 5.75 Å². The normalized spacial score (nSPS) is 10.1. The summed E-state index contributed by atoms with van der Waals surface area (Å²) in [5.41, 5.74) is 0.996. The van der Waals surface area contributed by atoms with Crippen molar-refractivity contribution < 1.29 is 14.6 Å². The number of carbonyl (C=O) groups is 1. The molecule has 1 N–H and O–H groups in total. The maximum Gasteiger partial charge on any atom is 0.336 e. The number of unbranched alkanes of at least 4 members (excludes halogenated alkanes) is 3. The maximum absolute atomic E-state index is 11.0. The van der Waals surface area contributed by atoms with Gasteiger partial charge in [-0.05, 0) is 44.7 Å². The van der Waals surface area contributed by atoms with Crippen LogP contribution in [0, 0.1) is 6.92 Å². The molecule has 98 valence electrons. The molecule has 18 heavy (non-hydrogen) atoms. The molecule has 1 aromatic carbocycles. The molecular weight excluding hydrogens is 228 g/mol. The molecular formula is C15H20O3. The van der Waals surface area contributed by atoms with Gasteiger partial charge in [0.05, 0.1) is 12.2 Å². The summed E-state index contributed by atoms with van der Waals surface area (Å²) in [6, 6.07) is 5.11. The highest BCUT2D eigenvalue weighted by Gasteiger charge is 2.10. The van der Waals surface area contributed by atoms with Crippen molar-refractivity contribution in [3.63, 3.8) is 0 Å². The second-order valence-electron chi connectivity index (χ2n) is 4.22. The van der Waals surface area contributed by atoms with Gasteiger partial charge in [0.25, 0.3) is 0 Å². The Morgan fingerprint density at radius 2 is 2.17 bits per heavy atom. The molecule has 0 aliphatic rings. The smallest absolute Gasteiger partial charge is 0.336 e. The second-order valence-corrected chi connectivity index (χ2v) is 4.22. The number of hydrogen-bond acceptors (Lipinski definition) is 2. The van der Waals surface area contributed by atoms with Crippen LogP contribution in [0.25, 0.3) is 0 Å². The van der Waals surface area contributed by atoms with Gasteiger partial charge in [-0.3, -0.25) is 0 Å². The summed E-state index contributed by atoms with van der Waals surface area (Å²) in [6.45, 7) is 6.08. The molecule has 0 unspecified atom stereocenters. The quantitative estimate of drug-likeness (QED) is 0.562. The monoisotopic (exact) mass is 248 g/mol.